The molecule has 6 atom stereocenters. The largest absolute Gasteiger partial charge is 0.292 e. The summed E-state index contributed by atoms with van der Waals surface area (Å²) in [5.74, 6) is -2.22. The number of nitrogens with zero attached hydrogens (tertiary/aromatic N) is 2. The predicted octanol–water partition coefficient (Wildman–Crippen LogP) is 4.94. The maximum Gasteiger partial charge on any atom is 0.273 e. The van der Waals surface area contributed by atoms with Crippen LogP contribution in [0.4, 0.5) is 0 Å². The maximum atomic E-state index is 13.7. The number of hydrogen-bond acceptors (Lipinski definition) is 4. The lowest BCUT2D eigenvalue weighted by Gasteiger charge is -2.37. The smallest absolute Gasteiger partial charge is 0.273 e. The Morgan fingerprint density at radius 2 is 1.43 bits per heavy atom. The molecule has 178 valence electrons. The highest BCUT2D eigenvalue weighted by molar-refractivity contribution is 6.37. The van der Waals surface area contributed by atoms with Crippen LogP contribution in [-0.4, -0.2) is 40.1 Å². The molecule has 0 radical (unpaired) electrons. The van der Waals surface area contributed by atoms with Gasteiger partial charge < -0.3 is 0 Å². The van der Waals surface area contributed by atoms with Gasteiger partial charge in [-0.2, -0.15) is 5.01 Å². The number of halogens is 3. The van der Waals surface area contributed by atoms with Crippen molar-refractivity contribution in [2.45, 2.75) is 6.42 Å². The third-order valence-corrected chi connectivity index (χ3v) is 8.53. The van der Waals surface area contributed by atoms with Crippen LogP contribution in [0.3, 0.4) is 0 Å². The number of allylic oxidation sites excluding steroid dienone is 2. The molecule has 2 aromatic carbocycles. The van der Waals surface area contributed by atoms with Crippen molar-refractivity contribution >= 4 is 58.3 Å². The van der Waals surface area contributed by atoms with Crippen molar-refractivity contribution in [3.05, 3.63) is 80.8 Å². The molecule has 3 amide bonds. The van der Waals surface area contributed by atoms with Crippen LogP contribution in [-0.2, 0) is 9.59 Å². The van der Waals surface area contributed by atoms with E-state index in [0.29, 0.717) is 21.9 Å². The first-order chi connectivity index (χ1) is 16.8. The molecule has 0 aromatic heterocycles. The van der Waals surface area contributed by atoms with Crippen LogP contribution in [0.5, 0.6) is 0 Å². The van der Waals surface area contributed by atoms with Crippen molar-refractivity contribution in [1.82, 2.24) is 10.0 Å². The van der Waals surface area contributed by atoms with Crippen molar-refractivity contribution in [1.29, 1.82) is 0 Å². The highest BCUT2D eigenvalue weighted by Gasteiger charge is 2.68. The van der Waals surface area contributed by atoms with Crippen LogP contribution in [0.25, 0.3) is 0 Å². The summed E-state index contributed by atoms with van der Waals surface area (Å²) >= 11 is 18.2. The normalized spacial score (nSPS) is 29.7. The summed E-state index contributed by atoms with van der Waals surface area (Å²) in [7, 11) is 0. The highest BCUT2D eigenvalue weighted by atomic mass is 35.5. The Morgan fingerprint density at radius 1 is 0.857 bits per heavy atom. The highest BCUT2D eigenvalue weighted by Crippen LogP contribution is 2.65. The molecular formula is C26H19Cl3N2O4. The average molecular weight is 530 g/mol. The molecule has 0 unspecified atom stereocenters. The molecule has 4 aliphatic carbocycles. The monoisotopic (exact) mass is 528 g/mol. The van der Waals surface area contributed by atoms with E-state index in [0.717, 1.165) is 16.4 Å². The molecule has 7 rings (SSSR count). The lowest BCUT2D eigenvalue weighted by molar-refractivity contribution is -0.154. The SMILES string of the molecule is O=C(CN(C(=O)c1ccc(Cl)cc1)N1C(=O)[C@@H]2[C@H]3C=C[C@@H]([C@@H]4C[C@H]34)[C@H]2C1=O)c1ccc(Cl)cc1Cl. The Morgan fingerprint density at radius 3 is 2.00 bits per heavy atom. The fourth-order valence-corrected chi connectivity index (χ4v) is 6.73. The summed E-state index contributed by atoms with van der Waals surface area (Å²) in [6.45, 7) is -0.532. The van der Waals surface area contributed by atoms with E-state index in [9.17, 15) is 19.2 Å². The number of carbonyl (C=O) groups is 4. The number of Topliss-reactive ketones (excluding diaryl/α,β-unsaturated/α-hetero) is 1. The molecule has 9 heteroatoms. The van der Waals surface area contributed by atoms with Crippen LogP contribution < -0.4 is 0 Å². The van der Waals surface area contributed by atoms with Gasteiger partial charge in [-0.05, 0) is 72.6 Å². The van der Waals surface area contributed by atoms with E-state index in [1.807, 2.05) is 0 Å². The summed E-state index contributed by atoms with van der Waals surface area (Å²) in [4.78, 5) is 54.2. The first-order valence-corrected chi connectivity index (χ1v) is 12.5. The standard InChI is InChI=1S/C26H19Cl3N2O4/c27-13-3-1-12(2-4-13)24(33)30(11-21(32)17-6-5-14(28)9-20(17)29)31-25(34)22-15-7-8-16(19-10-18(15)19)23(22)26(31)35/h1-9,15-16,18-19,22-23H,10-11H2/t15-,16-,18-,19+,22+,23+/m0/s1. The zero-order valence-electron chi connectivity index (χ0n) is 18.2. The van der Waals surface area contributed by atoms with Crippen LogP contribution in [0.2, 0.25) is 15.1 Å². The van der Waals surface area contributed by atoms with E-state index in [4.69, 9.17) is 34.8 Å². The summed E-state index contributed by atoms with van der Waals surface area (Å²) < 4.78 is 0. The summed E-state index contributed by atoms with van der Waals surface area (Å²) in [5.41, 5.74) is 0.341. The van der Waals surface area contributed by atoms with Crippen molar-refractivity contribution < 1.29 is 19.2 Å². The molecule has 6 nitrogen and oxygen atoms in total. The molecule has 0 N–H and O–H groups in total. The Balaban J connectivity index is 1.37. The summed E-state index contributed by atoms with van der Waals surface area (Å²) in [5, 5.41) is 2.78. The first kappa shape index (κ1) is 22.8. The third kappa shape index (κ3) is 3.53. The van der Waals surface area contributed by atoms with Gasteiger partial charge in [-0.25, -0.2) is 5.01 Å². The number of amides is 3. The van der Waals surface area contributed by atoms with E-state index >= 15 is 0 Å². The van der Waals surface area contributed by atoms with Crippen molar-refractivity contribution in [3.8, 4) is 0 Å². The number of hydrazine groups is 1. The Kier molecular flexibility index (Phi) is 5.33. The summed E-state index contributed by atoms with van der Waals surface area (Å²) in [6.07, 6.45) is 5.13. The number of ketones is 1. The third-order valence-electron chi connectivity index (χ3n) is 7.73. The van der Waals surface area contributed by atoms with E-state index in [1.54, 1.807) is 0 Å². The number of imide groups is 1. The van der Waals surface area contributed by atoms with Gasteiger partial charge in [0.05, 0.1) is 16.9 Å². The zero-order chi connectivity index (χ0) is 24.6. The van der Waals surface area contributed by atoms with E-state index in [2.05, 4.69) is 12.2 Å². The second kappa shape index (κ2) is 8.19. The van der Waals surface area contributed by atoms with Crippen LogP contribution >= 0.6 is 34.8 Å². The van der Waals surface area contributed by atoms with E-state index in [-0.39, 0.29) is 28.0 Å². The molecule has 0 spiro atoms. The molecule has 1 heterocycles. The predicted molar refractivity (Wildman–Crippen MR) is 130 cm³/mol. The second-order valence-electron chi connectivity index (χ2n) is 9.56. The molecular weight excluding hydrogens is 511 g/mol. The molecule has 3 fully saturated rings. The number of carbonyl (C=O) groups excluding carboxylic acids is 4. The quantitative estimate of drug-likeness (QED) is 0.312. The number of hydrogen-bond donors (Lipinski definition) is 0. The van der Waals surface area contributed by atoms with Gasteiger partial charge in [0.25, 0.3) is 17.7 Å². The first-order valence-electron chi connectivity index (χ1n) is 11.4. The molecule has 2 bridgehead atoms. The molecule has 35 heavy (non-hydrogen) atoms. The van der Waals surface area contributed by atoms with Crippen molar-refractivity contribution in [2.24, 2.45) is 35.5 Å². The maximum absolute atomic E-state index is 13.7. The van der Waals surface area contributed by atoms with Gasteiger partial charge in [0.1, 0.15) is 6.54 Å². The van der Waals surface area contributed by atoms with Crippen LogP contribution in [0, 0.1) is 35.5 Å². The Hall–Kier alpha value is -2.67. The summed E-state index contributed by atoms with van der Waals surface area (Å²) in [6, 6.07) is 10.5. The lowest BCUT2D eigenvalue weighted by Crippen LogP contribution is -2.52. The number of benzene rings is 2. The molecule has 5 aliphatic rings. The molecule has 2 aromatic rings. The molecule has 1 aliphatic heterocycles. The van der Waals surface area contributed by atoms with Crippen molar-refractivity contribution in [2.75, 3.05) is 6.54 Å². The zero-order valence-corrected chi connectivity index (χ0v) is 20.5. The fraction of sp³-hybridized carbons (Fsp3) is 0.308. The van der Waals surface area contributed by atoms with Crippen LogP contribution in [0.15, 0.2) is 54.6 Å². The minimum absolute atomic E-state index is 0.00894. The van der Waals surface area contributed by atoms with E-state index in [1.165, 1.54) is 42.5 Å². The average Bonchev–Trinajstić information content (AvgIpc) is 3.61. The van der Waals surface area contributed by atoms with Gasteiger partial charge >= 0.3 is 0 Å². The topological polar surface area (TPSA) is 74.8 Å². The van der Waals surface area contributed by atoms with Gasteiger partial charge in [0, 0.05) is 21.2 Å². The fourth-order valence-electron chi connectivity index (χ4n) is 6.09. The van der Waals surface area contributed by atoms with Gasteiger partial charge in [-0.15, -0.1) is 0 Å². The van der Waals surface area contributed by atoms with Gasteiger partial charge in [-0.1, -0.05) is 47.0 Å². The molecule has 2 saturated carbocycles. The van der Waals surface area contributed by atoms with Gasteiger partial charge in [0.2, 0.25) is 0 Å². The van der Waals surface area contributed by atoms with Crippen LogP contribution in [0.1, 0.15) is 27.1 Å². The minimum atomic E-state index is -0.647. The molecule has 1 saturated heterocycles. The Bertz CT molecular complexity index is 1290. The van der Waals surface area contributed by atoms with Crippen molar-refractivity contribution in [3.63, 3.8) is 0 Å². The van der Waals surface area contributed by atoms with E-state index < -0.39 is 41.9 Å². The lowest BCUT2D eigenvalue weighted by atomic mass is 9.63. The van der Waals surface area contributed by atoms with Gasteiger partial charge in [0.15, 0.2) is 5.78 Å². The number of rotatable bonds is 5. The minimum Gasteiger partial charge on any atom is -0.292 e. The van der Waals surface area contributed by atoms with Gasteiger partial charge in [-0.3, -0.25) is 19.2 Å². The Labute approximate surface area is 216 Å². The second-order valence-corrected chi connectivity index (χ2v) is 10.8.